The lowest BCUT2D eigenvalue weighted by Gasteiger charge is -2.27. The lowest BCUT2D eigenvalue weighted by Crippen LogP contribution is -2.29. The second kappa shape index (κ2) is 9.54. The molecule has 3 aromatic rings. The van der Waals surface area contributed by atoms with Gasteiger partial charge >= 0.3 is 0 Å². The van der Waals surface area contributed by atoms with Gasteiger partial charge in [0.05, 0.1) is 32.9 Å². The monoisotopic (exact) mass is 473 g/mol. The molecule has 1 atom stereocenters. The third-order valence-electron chi connectivity index (χ3n) is 6.05. The number of hydrogen-bond donors (Lipinski definition) is 1. The van der Waals surface area contributed by atoms with Crippen LogP contribution in [0.1, 0.15) is 28.3 Å². The van der Waals surface area contributed by atoms with Crippen molar-refractivity contribution >= 4 is 23.1 Å². The molecule has 1 aliphatic heterocycles. The van der Waals surface area contributed by atoms with Crippen LogP contribution in [0.2, 0.25) is 0 Å². The molecule has 3 aromatic carbocycles. The van der Waals surface area contributed by atoms with Crippen molar-refractivity contribution in [2.24, 2.45) is 0 Å². The Balaban J connectivity index is 2.02. The molecule has 0 saturated carbocycles. The quantitative estimate of drug-likeness (QED) is 0.310. The second-order valence-electron chi connectivity index (χ2n) is 8.33. The van der Waals surface area contributed by atoms with E-state index in [9.17, 15) is 14.7 Å². The van der Waals surface area contributed by atoms with Gasteiger partial charge in [0, 0.05) is 11.3 Å². The summed E-state index contributed by atoms with van der Waals surface area (Å²) in [6.07, 6.45) is 0. The number of aliphatic hydroxyl groups is 1. The molecule has 0 spiro atoms. The van der Waals surface area contributed by atoms with Gasteiger partial charge in [-0.3, -0.25) is 14.5 Å². The van der Waals surface area contributed by atoms with Crippen LogP contribution in [-0.4, -0.2) is 38.1 Å². The van der Waals surface area contributed by atoms with E-state index in [0.29, 0.717) is 34.1 Å². The number of carbonyl (C=O) groups excluding carboxylic acids is 2. The molecular weight excluding hydrogens is 446 g/mol. The van der Waals surface area contributed by atoms with E-state index >= 15 is 0 Å². The Morgan fingerprint density at radius 3 is 2.00 bits per heavy atom. The van der Waals surface area contributed by atoms with E-state index in [-0.39, 0.29) is 11.3 Å². The van der Waals surface area contributed by atoms with E-state index in [1.807, 2.05) is 44.2 Å². The van der Waals surface area contributed by atoms with Crippen molar-refractivity contribution < 1.29 is 28.9 Å². The number of benzene rings is 3. The number of ketones is 1. The zero-order valence-electron chi connectivity index (χ0n) is 20.3. The Morgan fingerprint density at radius 2 is 1.46 bits per heavy atom. The minimum absolute atomic E-state index is 0.0189. The van der Waals surface area contributed by atoms with Crippen molar-refractivity contribution in [3.63, 3.8) is 0 Å². The van der Waals surface area contributed by atoms with E-state index in [0.717, 1.165) is 11.1 Å². The van der Waals surface area contributed by atoms with Crippen LogP contribution in [0.25, 0.3) is 5.76 Å². The highest BCUT2D eigenvalue weighted by Crippen LogP contribution is 2.47. The molecule has 7 nitrogen and oxygen atoms in total. The van der Waals surface area contributed by atoms with Crippen molar-refractivity contribution in [3.05, 3.63) is 88.5 Å². The molecule has 1 fully saturated rings. The Morgan fingerprint density at radius 1 is 0.829 bits per heavy atom. The highest BCUT2D eigenvalue weighted by atomic mass is 16.5. The van der Waals surface area contributed by atoms with Crippen LogP contribution < -0.4 is 19.1 Å². The van der Waals surface area contributed by atoms with E-state index in [1.165, 1.54) is 26.2 Å². The summed E-state index contributed by atoms with van der Waals surface area (Å²) >= 11 is 0. The number of aryl methyl sites for hydroxylation is 2. The molecule has 0 aliphatic carbocycles. The molecule has 7 heteroatoms. The summed E-state index contributed by atoms with van der Waals surface area (Å²) in [7, 11) is 4.48. The summed E-state index contributed by atoms with van der Waals surface area (Å²) in [4.78, 5) is 28.2. The standard InChI is InChI=1S/C28H27NO6/c1-16-9-11-18(12-10-16)25(30)23-24(19-14-21(33-3)27(35-5)22(15-19)34-4)29(28(32)26(23)31)20-8-6-7-17(2)13-20/h6-15,24,30H,1-5H3/b25-23+. The Bertz CT molecular complexity index is 1300. The fourth-order valence-corrected chi connectivity index (χ4v) is 4.32. The third-order valence-corrected chi connectivity index (χ3v) is 6.05. The molecular formula is C28H27NO6. The van der Waals surface area contributed by atoms with Crippen LogP contribution in [0.15, 0.2) is 66.2 Å². The molecule has 1 aliphatic rings. The number of anilines is 1. The van der Waals surface area contributed by atoms with Gasteiger partial charge in [-0.1, -0.05) is 42.0 Å². The van der Waals surface area contributed by atoms with Crippen LogP contribution in [0, 0.1) is 13.8 Å². The van der Waals surface area contributed by atoms with Gasteiger partial charge in [0.2, 0.25) is 5.75 Å². The summed E-state index contributed by atoms with van der Waals surface area (Å²) < 4.78 is 16.5. The zero-order valence-corrected chi connectivity index (χ0v) is 20.3. The van der Waals surface area contributed by atoms with Gasteiger partial charge in [-0.15, -0.1) is 0 Å². The Hall–Kier alpha value is -4.26. The predicted octanol–water partition coefficient (Wildman–Crippen LogP) is 4.96. The highest BCUT2D eigenvalue weighted by molar-refractivity contribution is 6.51. The lowest BCUT2D eigenvalue weighted by molar-refractivity contribution is -0.132. The Kier molecular flexibility index (Phi) is 6.51. The summed E-state index contributed by atoms with van der Waals surface area (Å²) in [5, 5.41) is 11.3. The van der Waals surface area contributed by atoms with Gasteiger partial charge in [0.25, 0.3) is 11.7 Å². The number of aliphatic hydroxyl groups excluding tert-OH is 1. The number of methoxy groups -OCH3 is 3. The minimum atomic E-state index is -0.924. The highest BCUT2D eigenvalue weighted by Gasteiger charge is 2.47. The molecule has 1 heterocycles. The molecule has 1 unspecified atom stereocenters. The number of hydrogen-bond acceptors (Lipinski definition) is 6. The SMILES string of the molecule is COc1cc(C2/C(=C(\O)c3ccc(C)cc3)C(=O)C(=O)N2c2cccc(C)c2)cc(OC)c1OC. The number of ether oxygens (including phenoxy) is 3. The molecule has 180 valence electrons. The fraction of sp³-hybridized carbons (Fsp3) is 0.214. The number of rotatable bonds is 6. The van der Waals surface area contributed by atoms with Gasteiger partial charge in [0.15, 0.2) is 11.5 Å². The molecule has 1 saturated heterocycles. The van der Waals surface area contributed by atoms with E-state index in [2.05, 4.69) is 0 Å². The molecule has 4 rings (SSSR count). The first-order chi connectivity index (χ1) is 16.8. The van der Waals surface area contributed by atoms with Gasteiger partial charge in [-0.05, 0) is 49.2 Å². The number of Topliss-reactive ketones (excluding diaryl/α,β-unsaturated/α-hetero) is 1. The van der Waals surface area contributed by atoms with Crippen LogP contribution in [0.3, 0.4) is 0 Å². The van der Waals surface area contributed by atoms with Gasteiger partial charge < -0.3 is 19.3 Å². The first-order valence-electron chi connectivity index (χ1n) is 11.0. The van der Waals surface area contributed by atoms with Crippen LogP contribution in [0.4, 0.5) is 5.69 Å². The van der Waals surface area contributed by atoms with Gasteiger partial charge in [-0.2, -0.15) is 0 Å². The number of nitrogens with zero attached hydrogens (tertiary/aromatic N) is 1. The van der Waals surface area contributed by atoms with E-state index < -0.39 is 17.7 Å². The van der Waals surface area contributed by atoms with Crippen LogP contribution in [-0.2, 0) is 9.59 Å². The van der Waals surface area contributed by atoms with Crippen molar-refractivity contribution in [1.29, 1.82) is 0 Å². The average Bonchev–Trinajstić information content (AvgIpc) is 3.13. The summed E-state index contributed by atoms with van der Waals surface area (Å²) in [5.74, 6) is -0.646. The Labute approximate surface area is 204 Å². The maximum absolute atomic E-state index is 13.4. The summed E-state index contributed by atoms with van der Waals surface area (Å²) in [5.41, 5.74) is 3.40. The first kappa shape index (κ1) is 23.9. The zero-order chi connectivity index (χ0) is 25.3. The molecule has 0 radical (unpaired) electrons. The number of amides is 1. The topological polar surface area (TPSA) is 85.3 Å². The van der Waals surface area contributed by atoms with Gasteiger partial charge in [0.1, 0.15) is 5.76 Å². The number of carbonyl (C=O) groups is 2. The van der Waals surface area contributed by atoms with E-state index in [4.69, 9.17) is 14.2 Å². The minimum Gasteiger partial charge on any atom is -0.507 e. The normalized spacial score (nSPS) is 16.9. The summed E-state index contributed by atoms with van der Waals surface area (Å²) in [6.45, 7) is 3.83. The smallest absolute Gasteiger partial charge is 0.300 e. The van der Waals surface area contributed by atoms with Crippen LogP contribution in [0.5, 0.6) is 17.2 Å². The predicted molar refractivity (Wildman–Crippen MR) is 133 cm³/mol. The van der Waals surface area contributed by atoms with Crippen molar-refractivity contribution in [2.45, 2.75) is 19.9 Å². The molecule has 0 aromatic heterocycles. The maximum atomic E-state index is 13.4. The second-order valence-corrected chi connectivity index (χ2v) is 8.33. The molecule has 1 amide bonds. The summed E-state index contributed by atoms with van der Waals surface area (Å²) in [6, 6.07) is 16.8. The first-order valence-corrected chi connectivity index (χ1v) is 11.0. The molecule has 1 N–H and O–H groups in total. The molecule has 35 heavy (non-hydrogen) atoms. The fourth-order valence-electron chi connectivity index (χ4n) is 4.32. The average molecular weight is 474 g/mol. The third kappa shape index (κ3) is 4.21. The molecule has 0 bridgehead atoms. The van der Waals surface area contributed by atoms with Crippen molar-refractivity contribution in [3.8, 4) is 17.2 Å². The van der Waals surface area contributed by atoms with Crippen molar-refractivity contribution in [1.82, 2.24) is 0 Å². The van der Waals surface area contributed by atoms with Crippen LogP contribution >= 0.6 is 0 Å². The lowest BCUT2D eigenvalue weighted by atomic mass is 9.94. The van der Waals surface area contributed by atoms with Crippen molar-refractivity contribution in [2.75, 3.05) is 26.2 Å². The van der Waals surface area contributed by atoms with Gasteiger partial charge in [-0.25, -0.2) is 0 Å². The van der Waals surface area contributed by atoms with E-state index in [1.54, 1.807) is 30.3 Å². The maximum Gasteiger partial charge on any atom is 0.300 e. The largest absolute Gasteiger partial charge is 0.507 e.